The van der Waals surface area contributed by atoms with Crippen LogP contribution in [-0.2, 0) is 0 Å². The number of nitrogens with zero attached hydrogens (tertiary/aromatic N) is 2. The van der Waals surface area contributed by atoms with E-state index in [0.29, 0.717) is 10.2 Å². The molecule has 1 aromatic carbocycles. The third-order valence-electron chi connectivity index (χ3n) is 1.72. The largest absolute Gasteiger partial charge is 0.435 e. The average Bonchev–Trinajstić information content (AvgIpc) is 2.28. The van der Waals surface area contributed by atoms with Crippen molar-refractivity contribution in [3.63, 3.8) is 0 Å². The highest BCUT2D eigenvalue weighted by molar-refractivity contribution is 9.10. The molecule has 0 saturated heterocycles. The Morgan fingerprint density at radius 1 is 1.33 bits per heavy atom. The minimum atomic E-state index is -2.92. The highest BCUT2D eigenvalue weighted by atomic mass is 79.9. The van der Waals surface area contributed by atoms with Gasteiger partial charge in [-0.25, -0.2) is 0 Å². The van der Waals surface area contributed by atoms with Gasteiger partial charge in [0.1, 0.15) is 23.5 Å². The molecule has 0 bridgehead atoms. The van der Waals surface area contributed by atoms with Gasteiger partial charge in [0.2, 0.25) is 0 Å². The van der Waals surface area contributed by atoms with E-state index in [-0.39, 0.29) is 11.3 Å². The van der Waals surface area contributed by atoms with Crippen molar-refractivity contribution < 1.29 is 13.5 Å². The van der Waals surface area contributed by atoms with Crippen molar-refractivity contribution in [2.45, 2.75) is 6.61 Å². The van der Waals surface area contributed by atoms with Crippen molar-refractivity contribution in [3.05, 3.63) is 34.4 Å². The standard InChI is InChI=1S/C11H6BrF2N3O/c12-8-1-9(17-6-7(4-15)5-16)3-10(2-8)18-11(13)14/h1-3,6,11,17H. The number of benzene rings is 1. The molecule has 0 atom stereocenters. The van der Waals surface area contributed by atoms with Crippen LogP contribution in [0.15, 0.2) is 34.4 Å². The predicted molar refractivity (Wildman–Crippen MR) is 63.7 cm³/mol. The van der Waals surface area contributed by atoms with Crippen molar-refractivity contribution in [3.8, 4) is 17.9 Å². The van der Waals surface area contributed by atoms with E-state index in [2.05, 4.69) is 26.0 Å². The van der Waals surface area contributed by atoms with Gasteiger partial charge in [0, 0.05) is 22.4 Å². The smallest absolute Gasteiger partial charge is 0.387 e. The quantitative estimate of drug-likeness (QED) is 0.865. The number of alkyl halides is 2. The molecule has 7 heteroatoms. The summed E-state index contributed by atoms with van der Waals surface area (Å²) in [5.41, 5.74) is 0.273. The molecule has 0 aliphatic carbocycles. The fourth-order valence-electron chi connectivity index (χ4n) is 1.06. The summed E-state index contributed by atoms with van der Waals surface area (Å²) in [6.45, 7) is -2.92. The molecule has 0 amide bonds. The number of halogens is 3. The number of allylic oxidation sites excluding steroid dienone is 1. The minimum Gasteiger partial charge on any atom is -0.435 e. The maximum absolute atomic E-state index is 12.1. The molecule has 0 spiro atoms. The number of rotatable bonds is 4. The number of nitrogens with one attached hydrogen (secondary N) is 1. The molecule has 4 nitrogen and oxygen atoms in total. The molecule has 0 aromatic heterocycles. The Bertz CT molecular complexity index is 530. The second-order valence-corrected chi connectivity index (χ2v) is 3.90. The van der Waals surface area contributed by atoms with E-state index in [1.54, 1.807) is 18.2 Å². The van der Waals surface area contributed by atoms with Crippen LogP contribution >= 0.6 is 15.9 Å². The molecule has 0 heterocycles. The van der Waals surface area contributed by atoms with Gasteiger partial charge < -0.3 is 10.1 Å². The molecule has 0 aliphatic heterocycles. The van der Waals surface area contributed by atoms with Crippen molar-refractivity contribution >= 4 is 21.6 Å². The summed E-state index contributed by atoms with van der Waals surface area (Å²) in [6, 6.07) is 7.59. The molecule has 1 N–H and O–H groups in total. The topological polar surface area (TPSA) is 68.8 Å². The van der Waals surface area contributed by atoms with Gasteiger partial charge in [0.15, 0.2) is 0 Å². The zero-order chi connectivity index (χ0) is 13.5. The molecule has 1 aromatic rings. The second-order valence-electron chi connectivity index (χ2n) is 2.98. The molecule has 0 radical (unpaired) electrons. The van der Waals surface area contributed by atoms with Crippen LogP contribution in [0.5, 0.6) is 5.75 Å². The van der Waals surface area contributed by atoms with E-state index < -0.39 is 6.61 Å². The molecule has 0 aliphatic rings. The zero-order valence-electron chi connectivity index (χ0n) is 8.82. The van der Waals surface area contributed by atoms with E-state index in [1.165, 1.54) is 18.3 Å². The number of nitriles is 2. The lowest BCUT2D eigenvalue weighted by molar-refractivity contribution is -0.0498. The van der Waals surface area contributed by atoms with Gasteiger partial charge in [-0.2, -0.15) is 19.3 Å². The second kappa shape index (κ2) is 6.58. The first-order chi connectivity index (χ1) is 8.55. The van der Waals surface area contributed by atoms with Gasteiger partial charge in [-0.3, -0.25) is 0 Å². The molecule has 1 rings (SSSR count). The maximum Gasteiger partial charge on any atom is 0.387 e. The lowest BCUT2D eigenvalue weighted by Crippen LogP contribution is -2.02. The Kier molecular flexibility index (Phi) is 5.09. The van der Waals surface area contributed by atoms with Gasteiger partial charge in [-0.1, -0.05) is 15.9 Å². The predicted octanol–water partition coefficient (Wildman–Crippen LogP) is 3.39. The van der Waals surface area contributed by atoms with E-state index in [9.17, 15) is 8.78 Å². The summed E-state index contributed by atoms with van der Waals surface area (Å²) < 4.78 is 28.9. The first-order valence-corrected chi connectivity index (χ1v) is 5.36. The summed E-state index contributed by atoms with van der Waals surface area (Å²) in [6.07, 6.45) is 1.17. The molecular weight excluding hydrogens is 308 g/mol. The van der Waals surface area contributed by atoms with Gasteiger partial charge >= 0.3 is 6.61 Å². The molecule has 0 fully saturated rings. The molecule has 0 unspecified atom stereocenters. The summed E-state index contributed by atoms with van der Waals surface area (Å²) in [7, 11) is 0. The average molecular weight is 314 g/mol. The summed E-state index contributed by atoms with van der Waals surface area (Å²) in [4.78, 5) is 0. The number of hydrogen-bond donors (Lipinski definition) is 1. The summed E-state index contributed by atoms with van der Waals surface area (Å²) >= 11 is 3.13. The van der Waals surface area contributed by atoms with Crippen LogP contribution in [0.4, 0.5) is 14.5 Å². The Morgan fingerprint density at radius 3 is 2.56 bits per heavy atom. The Balaban J connectivity index is 2.91. The highest BCUT2D eigenvalue weighted by Crippen LogP contribution is 2.26. The highest BCUT2D eigenvalue weighted by Gasteiger charge is 2.06. The molecular formula is C11H6BrF2N3O. The van der Waals surface area contributed by atoms with E-state index >= 15 is 0 Å². The van der Waals surface area contributed by atoms with Crippen molar-refractivity contribution in [1.82, 2.24) is 0 Å². The Hall–Kier alpha value is -2.12. The lowest BCUT2D eigenvalue weighted by atomic mass is 10.3. The monoisotopic (exact) mass is 313 g/mol. The van der Waals surface area contributed by atoms with Crippen molar-refractivity contribution in [2.24, 2.45) is 0 Å². The van der Waals surface area contributed by atoms with Crippen LogP contribution < -0.4 is 10.1 Å². The SMILES string of the molecule is N#CC(C#N)=CNc1cc(Br)cc(OC(F)F)c1. The lowest BCUT2D eigenvalue weighted by Gasteiger charge is -2.07. The van der Waals surface area contributed by atoms with Crippen LogP contribution in [0.1, 0.15) is 0 Å². The van der Waals surface area contributed by atoms with Gasteiger partial charge in [-0.05, 0) is 12.1 Å². The third-order valence-corrected chi connectivity index (χ3v) is 2.18. The summed E-state index contributed by atoms with van der Waals surface area (Å²) in [5, 5.41) is 19.7. The van der Waals surface area contributed by atoms with Crippen LogP contribution in [0, 0.1) is 22.7 Å². The van der Waals surface area contributed by atoms with Crippen LogP contribution in [0.3, 0.4) is 0 Å². The third kappa shape index (κ3) is 4.40. The first kappa shape index (κ1) is 13.9. The fraction of sp³-hybridized carbons (Fsp3) is 0.0909. The number of anilines is 1. The van der Waals surface area contributed by atoms with Crippen molar-refractivity contribution in [2.75, 3.05) is 5.32 Å². The number of hydrogen-bond acceptors (Lipinski definition) is 4. The van der Waals surface area contributed by atoms with E-state index in [0.717, 1.165) is 0 Å². The van der Waals surface area contributed by atoms with Gasteiger partial charge in [0.05, 0.1) is 0 Å². The maximum atomic E-state index is 12.1. The first-order valence-electron chi connectivity index (χ1n) is 4.57. The van der Waals surface area contributed by atoms with Crippen LogP contribution in [-0.4, -0.2) is 6.61 Å². The molecule has 92 valence electrons. The van der Waals surface area contributed by atoms with Crippen LogP contribution in [0.25, 0.3) is 0 Å². The molecule has 18 heavy (non-hydrogen) atoms. The van der Waals surface area contributed by atoms with Crippen molar-refractivity contribution in [1.29, 1.82) is 10.5 Å². The number of ether oxygens (including phenoxy) is 1. The van der Waals surface area contributed by atoms with E-state index in [4.69, 9.17) is 10.5 Å². The summed E-state index contributed by atoms with van der Waals surface area (Å²) in [5.74, 6) is -0.0364. The Morgan fingerprint density at radius 2 is 2.00 bits per heavy atom. The van der Waals surface area contributed by atoms with E-state index in [1.807, 2.05) is 0 Å². The fourth-order valence-corrected chi connectivity index (χ4v) is 1.53. The minimum absolute atomic E-state index is 0.0364. The van der Waals surface area contributed by atoms with Gasteiger partial charge in [-0.15, -0.1) is 0 Å². The zero-order valence-corrected chi connectivity index (χ0v) is 10.4. The normalized spacial score (nSPS) is 9.22. The Labute approximate surface area is 110 Å². The molecule has 0 saturated carbocycles. The van der Waals surface area contributed by atoms with Crippen LogP contribution in [0.2, 0.25) is 0 Å². The van der Waals surface area contributed by atoms with Gasteiger partial charge in [0.25, 0.3) is 0 Å².